The molecule has 1 heterocycles. The number of para-hydroxylation sites is 1. The Kier molecular flexibility index (Phi) is 2.73. The number of hydrogen-bond acceptors (Lipinski definition) is 3. The van der Waals surface area contributed by atoms with Gasteiger partial charge < -0.3 is 5.32 Å². The van der Waals surface area contributed by atoms with E-state index >= 15 is 0 Å². The minimum Gasteiger partial charge on any atom is -0.317 e. The molecule has 0 radical (unpaired) electrons. The lowest BCUT2D eigenvalue weighted by atomic mass is 10.3. The van der Waals surface area contributed by atoms with E-state index in [1.165, 1.54) is 25.2 Å². The van der Waals surface area contributed by atoms with Crippen LogP contribution in [0.1, 0.15) is 10.6 Å². The van der Waals surface area contributed by atoms with Crippen molar-refractivity contribution in [3.63, 3.8) is 0 Å². The van der Waals surface area contributed by atoms with Gasteiger partial charge in [0, 0.05) is 7.05 Å². The average molecular weight is 236 g/mol. The number of amides is 1. The van der Waals surface area contributed by atoms with Gasteiger partial charge in [0.1, 0.15) is 5.82 Å². The van der Waals surface area contributed by atoms with E-state index in [0.29, 0.717) is 0 Å². The highest BCUT2D eigenvalue weighted by Gasteiger charge is 2.13. The van der Waals surface area contributed by atoms with Crippen LogP contribution >= 0.6 is 0 Å². The van der Waals surface area contributed by atoms with Gasteiger partial charge >= 0.3 is 5.69 Å². The van der Waals surface area contributed by atoms with Crippen LogP contribution in [0.3, 0.4) is 0 Å². The summed E-state index contributed by atoms with van der Waals surface area (Å²) in [5, 5.41) is 5.96. The summed E-state index contributed by atoms with van der Waals surface area (Å²) in [6.07, 6.45) is 0. The maximum atomic E-state index is 13.2. The van der Waals surface area contributed by atoms with Crippen LogP contribution in [0.15, 0.2) is 29.1 Å². The lowest BCUT2D eigenvalue weighted by Gasteiger charge is -2.03. The zero-order valence-electron chi connectivity index (χ0n) is 8.90. The molecule has 0 spiro atoms. The fourth-order valence-corrected chi connectivity index (χ4v) is 1.25. The number of nitrogens with one attached hydrogen (secondary N) is 2. The fourth-order valence-electron chi connectivity index (χ4n) is 1.25. The summed E-state index contributed by atoms with van der Waals surface area (Å²) >= 11 is 0. The average Bonchev–Trinajstić information content (AvgIpc) is 2.63. The van der Waals surface area contributed by atoms with Crippen LogP contribution in [0.2, 0.25) is 0 Å². The Morgan fingerprint density at radius 3 is 2.76 bits per heavy atom. The third-order valence-corrected chi connectivity index (χ3v) is 2.11. The van der Waals surface area contributed by atoms with Crippen molar-refractivity contribution < 1.29 is 9.18 Å². The Morgan fingerprint density at radius 1 is 1.47 bits per heavy atom. The number of hydrogen-bond donors (Lipinski definition) is 2. The van der Waals surface area contributed by atoms with Crippen LogP contribution in [-0.2, 0) is 7.05 Å². The van der Waals surface area contributed by atoms with Crippen molar-refractivity contribution in [2.24, 2.45) is 7.05 Å². The van der Waals surface area contributed by atoms with Gasteiger partial charge in [-0.3, -0.25) is 9.78 Å². The van der Waals surface area contributed by atoms with Gasteiger partial charge in [-0.2, -0.15) is 0 Å². The molecule has 0 atom stereocenters. The van der Waals surface area contributed by atoms with Gasteiger partial charge in [-0.1, -0.05) is 12.1 Å². The van der Waals surface area contributed by atoms with Crippen molar-refractivity contribution in [1.82, 2.24) is 14.8 Å². The molecule has 2 aromatic rings. The normalized spacial score (nSPS) is 10.2. The Morgan fingerprint density at radius 2 is 2.18 bits per heavy atom. The number of anilines is 1. The summed E-state index contributed by atoms with van der Waals surface area (Å²) < 4.78 is 14.2. The second-order valence-electron chi connectivity index (χ2n) is 3.34. The van der Waals surface area contributed by atoms with E-state index in [1.54, 1.807) is 6.07 Å². The fraction of sp³-hybridized carbons (Fsp3) is 0.100. The molecule has 88 valence electrons. The topological polar surface area (TPSA) is 79.8 Å². The molecule has 0 aliphatic carbocycles. The van der Waals surface area contributed by atoms with Crippen molar-refractivity contribution in [2.75, 3.05) is 5.32 Å². The SMILES string of the molecule is Cn1nc(C(=O)Nc2ccccc2F)[nH]c1=O. The minimum atomic E-state index is -0.673. The van der Waals surface area contributed by atoms with Crippen molar-refractivity contribution in [3.8, 4) is 0 Å². The second-order valence-corrected chi connectivity index (χ2v) is 3.34. The number of carbonyl (C=O) groups is 1. The third-order valence-electron chi connectivity index (χ3n) is 2.11. The standard InChI is InChI=1S/C10H9FN4O2/c1-15-10(17)13-8(14-15)9(16)12-7-5-3-2-4-6(7)11/h2-5H,1H3,(H,12,16)(H,13,14,17). The quantitative estimate of drug-likeness (QED) is 0.796. The predicted molar refractivity (Wildman–Crippen MR) is 58.2 cm³/mol. The number of aromatic amines is 1. The number of rotatable bonds is 2. The van der Waals surface area contributed by atoms with Crippen molar-refractivity contribution in [3.05, 3.63) is 46.4 Å². The summed E-state index contributed by atoms with van der Waals surface area (Å²) in [5.74, 6) is -1.40. The van der Waals surface area contributed by atoms with Crippen molar-refractivity contribution in [2.45, 2.75) is 0 Å². The molecule has 1 aromatic carbocycles. The first-order valence-corrected chi connectivity index (χ1v) is 4.77. The van der Waals surface area contributed by atoms with E-state index in [0.717, 1.165) is 4.68 Å². The van der Waals surface area contributed by atoms with Crippen LogP contribution in [-0.4, -0.2) is 20.7 Å². The number of carbonyl (C=O) groups excluding carboxylic acids is 1. The molecule has 0 saturated carbocycles. The zero-order valence-corrected chi connectivity index (χ0v) is 8.90. The summed E-state index contributed by atoms with van der Waals surface area (Å²) in [5.41, 5.74) is -0.479. The third kappa shape index (κ3) is 2.22. The first-order valence-electron chi connectivity index (χ1n) is 4.77. The molecule has 7 heteroatoms. The van der Waals surface area contributed by atoms with Crippen LogP contribution in [0.25, 0.3) is 0 Å². The van der Waals surface area contributed by atoms with Gasteiger partial charge in [0.15, 0.2) is 0 Å². The first-order chi connectivity index (χ1) is 8.08. The molecule has 0 aliphatic rings. The number of H-pyrrole nitrogens is 1. The van der Waals surface area contributed by atoms with Gasteiger partial charge in [0.2, 0.25) is 5.82 Å². The minimum absolute atomic E-state index is 0.0315. The van der Waals surface area contributed by atoms with Gasteiger partial charge in [0.25, 0.3) is 5.91 Å². The van der Waals surface area contributed by atoms with E-state index in [4.69, 9.17) is 0 Å². The number of halogens is 1. The summed E-state index contributed by atoms with van der Waals surface area (Å²) in [7, 11) is 1.40. The molecule has 1 amide bonds. The highest BCUT2D eigenvalue weighted by molar-refractivity contribution is 6.01. The van der Waals surface area contributed by atoms with Crippen LogP contribution in [0, 0.1) is 5.82 Å². The molecule has 17 heavy (non-hydrogen) atoms. The molecule has 0 fully saturated rings. The Balaban J connectivity index is 2.23. The van der Waals surface area contributed by atoms with Crippen molar-refractivity contribution >= 4 is 11.6 Å². The van der Waals surface area contributed by atoms with E-state index in [2.05, 4.69) is 15.4 Å². The van der Waals surface area contributed by atoms with Crippen LogP contribution in [0.4, 0.5) is 10.1 Å². The lowest BCUT2D eigenvalue weighted by molar-refractivity contribution is 0.101. The Labute approximate surface area is 95.1 Å². The molecule has 6 nitrogen and oxygen atoms in total. The van der Waals surface area contributed by atoms with Gasteiger partial charge in [-0.05, 0) is 12.1 Å². The molecule has 2 rings (SSSR count). The summed E-state index contributed by atoms with van der Waals surface area (Å²) in [6, 6.07) is 5.72. The zero-order chi connectivity index (χ0) is 12.4. The van der Waals surface area contributed by atoms with Crippen LogP contribution < -0.4 is 11.0 Å². The molecule has 0 saturated heterocycles. The molecule has 0 bridgehead atoms. The van der Waals surface area contributed by atoms with Gasteiger partial charge in [-0.25, -0.2) is 13.9 Å². The number of nitrogens with zero attached hydrogens (tertiary/aromatic N) is 2. The molecule has 0 aliphatic heterocycles. The molecular formula is C10H9FN4O2. The maximum Gasteiger partial charge on any atom is 0.343 e. The highest BCUT2D eigenvalue weighted by atomic mass is 19.1. The second kappa shape index (κ2) is 4.20. The molecule has 0 unspecified atom stereocenters. The van der Waals surface area contributed by atoms with Crippen molar-refractivity contribution in [1.29, 1.82) is 0 Å². The largest absolute Gasteiger partial charge is 0.343 e. The number of aryl methyl sites for hydroxylation is 1. The summed E-state index contributed by atoms with van der Waals surface area (Å²) in [6.45, 7) is 0. The Hall–Kier alpha value is -2.44. The predicted octanol–water partition coefficient (Wildman–Crippen LogP) is 0.500. The monoisotopic (exact) mass is 236 g/mol. The van der Waals surface area contributed by atoms with Gasteiger partial charge in [-0.15, -0.1) is 5.10 Å². The van der Waals surface area contributed by atoms with E-state index in [9.17, 15) is 14.0 Å². The lowest BCUT2D eigenvalue weighted by Crippen LogP contribution is -2.15. The van der Waals surface area contributed by atoms with E-state index in [-0.39, 0.29) is 11.5 Å². The number of aromatic nitrogens is 3. The van der Waals surface area contributed by atoms with E-state index in [1.807, 2.05) is 0 Å². The Bertz CT molecular complexity index is 617. The molecule has 1 aromatic heterocycles. The van der Waals surface area contributed by atoms with E-state index < -0.39 is 17.4 Å². The van der Waals surface area contributed by atoms with Crippen LogP contribution in [0.5, 0.6) is 0 Å². The van der Waals surface area contributed by atoms with Gasteiger partial charge in [0.05, 0.1) is 5.69 Å². The number of benzene rings is 1. The smallest absolute Gasteiger partial charge is 0.317 e. The first kappa shape index (κ1) is 11.1. The highest BCUT2D eigenvalue weighted by Crippen LogP contribution is 2.12. The molecular weight excluding hydrogens is 227 g/mol. The summed E-state index contributed by atoms with van der Waals surface area (Å²) in [4.78, 5) is 24.9. The maximum absolute atomic E-state index is 13.2. The molecule has 2 N–H and O–H groups in total.